The second-order valence-corrected chi connectivity index (χ2v) is 4.71. The van der Waals surface area contributed by atoms with Gasteiger partial charge in [0.25, 0.3) is 5.91 Å². The zero-order valence-electron chi connectivity index (χ0n) is 11.0. The van der Waals surface area contributed by atoms with E-state index in [0.29, 0.717) is 11.4 Å². The molecule has 1 amide bonds. The van der Waals surface area contributed by atoms with Crippen molar-refractivity contribution < 1.29 is 9.53 Å². The van der Waals surface area contributed by atoms with Gasteiger partial charge in [0.15, 0.2) is 5.75 Å². The highest BCUT2D eigenvalue weighted by Gasteiger charge is 2.16. The molecule has 0 aliphatic carbocycles. The molecule has 2 aromatic rings. The van der Waals surface area contributed by atoms with Crippen molar-refractivity contribution in [2.75, 3.05) is 5.73 Å². The van der Waals surface area contributed by atoms with Crippen LogP contribution in [0.15, 0.2) is 36.4 Å². The first-order chi connectivity index (χ1) is 9.52. The number of hydrogen-bond acceptors (Lipinski definition) is 3. The molecule has 4 N–H and O–H groups in total. The number of amides is 1. The van der Waals surface area contributed by atoms with Crippen molar-refractivity contribution >= 4 is 23.2 Å². The van der Waals surface area contributed by atoms with Crippen molar-refractivity contribution in [1.82, 2.24) is 0 Å². The van der Waals surface area contributed by atoms with E-state index >= 15 is 0 Å². The standard InChI is InChI=1S/C15H15ClN2O2/c1-2-9-5-3-4-6-13(9)20-14-11(15(18)19)7-10(17)8-12(14)16/h3-8H,2,17H2,1H3,(H2,18,19). The Balaban J connectivity index is 2.50. The van der Waals surface area contributed by atoms with Crippen LogP contribution in [0.1, 0.15) is 22.8 Å². The quantitative estimate of drug-likeness (QED) is 0.847. The Morgan fingerprint density at radius 1 is 1.30 bits per heavy atom. The predicted molar refractivity (Wildman–Crippen MR) is 80.3 cm³/mol. The number of benzene rings is 2. The first-order valence-corrected chi connectivity index (χ1v) is 6.55. The molecule has 0 heterocycles. The smallest absolute Gasteiger partial charge is 0.252 e. The summed E-state index contributed by atoms with van der Waals surface area (Å²) in [4.78, 5) is 11.5. The third-order valence-corrected chi connectivity index (χ3v) is 3.18. The fourth-order valence-corrected chi connectivity index (χ4v) is 2.17. The van der Waals surface area contributed by atoms with Gasteiger partial charge >= 0.3 is 0 Å². The average Bonchev–Trinajstić information content (AvgIpc) is 2.41. The van der Waals surface area contributed by atoms with Crippen LogP contribution in [-0.2, 0) is 6.42 Å². The van der Waals surface area contributed by atoms with Gasteiger partial charge in [-0.1, -0.05) is 36.7 Å². The molecule has 0 saturated carbocycles. The van der Waals surface area contributed by atoms with Crippen LogP contribution in [-0.4, -0.2) is 5.91 Å². The summed E-state index contributed by atoms with van der Waals surface area (Å²) >= 11 is 6.11. The van der Waals surface area contributed by atoms with Crippen molar-refractivity contribution in [2.45, 2.75) is 13.3 Å². The van der Waals surface area contributed by atoms with Crippen molar-refractivity contribution in [1.29, 1.82) is 0 Å². The summed E-state index contributed by atoms with van der Waals surface area (Å²) in [7, 11) is 0. The van der Waals surface area contributed by atoms with Crippen LogP contribution in [0.5, 0.6) is 11.5 Å². The Morgan fingerprint density at radius 2 is 2.00 bits per heavy atom. The first-order valence-electron chi connectivity index (χ1n) is 6.17. The maximum Gasteiger partial charge on any atom is 0.252 e. The van der Waals surface area contributed by atoms with Gasteiger partial charge in [-0.15, -0.1) is 0 Å². The lowest BCUT2D eigenvalue weighted by molar-refractivity contribution is 0.0998. The molecule has 0 aromatic heterocycles. The fraction of sp³-hybridized carbons (Fsp3) is 0.133. The molecule has 2 rings (SSSR count). The van der Waals surface area contributed by atoms with Crippen molar-refractivity contribution in [3.05, 3.63) is 52.5 Å². The molecular formula is C15H15ClN2O2. The van der Waals surface area contributed by atoms with Gasteiger partial charge in [0, 0.05) is 5.69 Å². The number of ether oxygens (including phenoxy) is 1. The third kappa shape index (κ3) is 2.86. The molecule has 104 valence electrons. The number of nitrogens with two attached hydrogens (primary N) is 2. The predicted octanol–water partition coefficient (Wildman–Crippen LogP) is 3.38. The SMILES string of the molecule is CCc1ccccc1Oc1c(Cl)cc(N)cc1C(N)=O. The summed E-state index contributed by atoms with van der Waals surface area (Å²) in [5.41, 5.74) is 12.5. The number of rotatable bonds is 4. The molecule has 0 aliphatic rings. The molecule has 2 aromatic carbocycles. The van der Waals surface area contributed by atoms with E-state index < -0.39 is 5.91 Å². The van der Waals surface area contributed by atoms with E-state index in [9.17, 15) is 4.79 Å². The highest BCUT2D eigenvalue weighted by atomic mass is 35.5. The highest BCUT2D eigenvalue weighted by molar-refractivity contribution is 6.33. The number of nitrogen functional groups attached to an aromatic ring is 1. The zero-order chi connectivity index (χ0) is 14.7. The highest BCUT2D eigenvalue weighted by Crippen LogP contribution is 2.36. The number of anilines is 1. The van der Waals surface area contributed by atoms with E-state index in [1.54, 1.807) is 0 Å². The zero-order valence-corrected chi connectivity index (χ0v) is 11.8. The van der Waals surface area contributed by atoms with Crippen molar-refractivity contribution in [3.8, 4) is 11.5 Å². The van der Waals surface area contributed by atoms with Crippen LogP contribution < -0.4 is 16.2 Å². The molecule has 0 atom stereocenters. The van der Waals surface area contributed by atoms with Crippen LogP contribution in [0.4, 0.5) is 5.69 Å². The molecule has 0 unspecified atom stereocenters. The molecule has 0 aliphatic heterocycles. The Labute approximate surface area is 122 Å². The Morgan fingerprint density at radius 3 is 2.65 bits per heavy atom. The molecule has 0 bridgehead atoms. The number of hydrogen-bond donors (Lipinski definition) is 2. The van der Waals surface area contributed by atoms with Crippen LogP contribution in [0.2, 0.25) is 5.02 Å². The third-order valence-electron chi connectivity index (χ3n) is 2.90. The van der Waals surface area contributed by atoms with E-state index in [1.807, 2.05) is 31.2 Å². The van der Waals surface area contributed by atoms with Gasteiger partial charge in [0.2, 0.25) is 0 Å². The lowest BCUT2D eigenvalue weighted by Crippen LogP contribution is -2.13. The normalized spacial score (nSPS) is 10.3. The van der Waals surface area contributed by atoms with Crippen molar-refractivity contribution in [2.24, 2.45) is 5.73 Å². The maximum absolute atomic E-state index is 11.5. The van der Waals surface area contributed by atoms with Crippen LogP contribution in [0.25, 0.3) is 0 Å². The minimum absolute atomic E-state index is 0.168. The van der Waals surface area contributed by atoms with Gasteiger partial charge in [-0.25, -0.2) is 0 Å². The minimum Gasteiger partial charge on any atom is -0.455 e. The molecule has 4 nitrogen and oxygen atoms in total. The fourth-order valence-electron chi connectivity index (χ4n) is 1.91. The second kappa shape index (κ2) is 5.84. The molecule has 20 heavy (non-hydrogen) atoms. The summed E-state index contributed by atoms with van der Waals surface area (Å²) in [6, 6.07) is 10.5. The van der Waals surface area contributed by atoms with E-state index in [4.69, 9.17) is 27.8 Å². The maximum atomic E-state index is 11.5. The van der Waals surface area contributed by atoms with Gasteiger partial charge in [-0.05, 0) is 30.2 Å². The summed E-state index contributed by atoms with van der Waals surface area (Å²) in [5, 5.41) is 0.254. The molecule has 0 fully saturated rings. The lowest BCUT2D eigenvalue weighted by atomic mass is 10.1. The molecule has 0 saturated heterocycles. The van der Waals surface area contributed by atoms with Crippen LogP contribution in [0, 0.1) is 0 Å². The van der Waals surface area contributed by atoms with Gasteiger partial charge < -0.3 is 16.2 Å². The number of aryl methyl sites for hydroxylation is 1. The monoisotopic (exact) mass is 290 g/mol. The Kier molecular flexibility index (Phi) is 4.15. The number of para-hydroxylation sites is 1. The van der Waals surface area contributed by atoms with E-state index in [0.717, 1.165) is 12.0 Å². The largest absolute Gasteiger partial charge is 0.455 e. The molecule has 5 heteroatoms. The first kappa shape index (κ1) is 14.2. The van der Waals surface area contributed by atoms with Crippen LogP contribution in [0.3, 0.4) is 0 Å². The van der Waals surface area contributed by atoms with Gasteiger partial charge in [-0.2, -0.15) is 0 Å². The summed E-state index contributed by atoms with van der Waals surface area (Å²) in [5.74, 6) is 0.238. The number of carbonyl (C=O) groups excluding carboxylic acids is 1. The summed E-state index contributed by atoms with van der Waals surface area (Å²) in [6.07, 6.45) is 0.800. The molecule has 0 spiro atoms. The molecular weight excluding hydrogens is 276 g/mol. The van der Waals surface area contributed by atoms with E-state index in [1.165, 1.54) is 12.1 Å². The number of carbonyl (C=O) groups is 1. The van der Waals surface area contributed by atoms with Crippen molar-refractivity contribution in [3.63, 3.8) is 0 Å². The second-order valence-electron chi connectivity index (χ2n) is 4.31. The Bertz CT molecular complexity index is 656. The summed E-state index contributed by atoms with van der Waals surface area (Å²) in [6.45, 7) is 2.02. The van der Waals surface area contributed by atoms with Gasteiger partial charge in [0.1, 0.15) is 5.75 Å². The lowest BCUT2D eigenvalue weighted by Gasteiger charge is -2.14. The topological polar surface area (TPSA) is 78.3 Å². The summed E-state index contributed by atoms with van der Waals surface area (Å²) < 4.78 is 5.79. The van der Waals surface area contributed by atoms with E-state index in [2.05, 4.69) is 0 Å². The average molecular weight is 291 g/mol. The number of halogens is 1. The van der Waals surface area contributed by atoms with Crippen LogP contribution >= 0.6 is 11.6 Å². The minimum atomic E-state index is -0.636. The van der Waals surface area contributed by atoms with Gasteiger partial charge in [0.05, 0.1) is 10.6 Å². The van der Waals surface area contributed by atoms with Gasteiger partial charge in [-0.3, -0.25) is 4.79 Å². The number of primary amides is 1. The van der Waals surface area contributed by atoms with E-state index in [-0.39, 0.29) is 16.3 Å². The Hall–Kier alpha value is -2.20. The molecule has 0 radical (unpaired) electrons.